The molecule has 0 aliphatic rings. The highest BCUT2D eigenvalue weighted by molar-refractivity contribution is 5.97. The number of nitrogens with zero attached hydrogens (tertiary/aromatic N) is 4. The van der Waals surface area contributed by atoms with Gasteiger partial charge in [0.15, 0.2) is 0 Å². The zero-order valence-corrected chi connectivity index (χ0v) is 6.75. The number of aromatic nitrogens is 4. The maximum absolute atomic E-state index is 7.74. The van der Waals surface area contributed by atoms with Crippen LogP contribution in [0.1, 0.15) is 5.56 Å². The third-order valence-corrected chi connectivity index (χ3v) is 1.63. The van der Waals surface area contributed by atoms with Crippen LogP contribution in [0.25, 0.3) is 0 Å². The molecule has 0 aliphatic heterocycles. The molecule has 5 nitrogen and oxygen atoms in total. The van der Waals surface area contributed by atoms with E-state index in [-0.39, 0.29) is 0 Å². The van der Waals surface area contributed by atoms with Crippen LogP contribution in [0.5, 0.6) is 0 Å². The first-order valence-electron chi connectivity index (χ1n) is 3.72. The average Bonchev–Trinajstić information content (AvgIpc) is 2.71. The van der Waals surface area contributed by atoms with E-state index in [2.05, 4.69) is 15.2 Å². The van der Waals surface area contributed by atoms with Crippen LogP contribution in [0.4, 0.5) is 0 Å². The van der Waals surface area contributed by atoms with Crippen molar-refractivity contribution in [3.05, 3.63) is 42.7 Å². The van der Waals surface area contributed by atoms with Gasteiger partial charge in [0.05, 0.1) is 0 Å². The van der Waals surface area contributed by atoms with E-state index in [1.165, 1.54) is 17.2 Å². The summed E-state index contributed by atoms with van der Waals surface area (Å²) in [4.78, 5) is 3.87. The smallest absolute Gasteiger partial charge is 0.138 e. The minimum Gasteiger partial charge on any atom is -0.283 e. The number of rotatable bonds is 1. The Bertz CT molecular complexity index is 392. The standard InChI is InChI=1S/C8H7N5/c9-8(13-5-11-12-6-13)7-1-3-10-4-2-7/h1-6,9H. The van der Waals surface area contributed by atoms with Crippen molar-refractivity contribution in [3.63, 3.8) is 0 Å². The van der Waals surface area contributed by atoms with E-state index in [4.69, 9.17) is 5.41 Å². The minimum absolute atomic E-state index is 0.340. The van der Waals surface area contributed by atoms with Crippen molar-refractivity contribution in [1.29, 1.82) is 5.41 Å². The van der Waals surface area contributed by atoms with Crippen LogP contribution in [0.3, 0.4) is 0 Å². The molecule has 2 heterocycles. The lowest BCUT2D eigenvalue weighted by molar-refractivity contribution is 1.09. The summed E-state index contributed by atoms with van der Waals surface area (Å²) in [5.41, 5.74) is 0.787. The molecule has 0 saturated carbocycles. The van der Waals surface area contributed by atoms with Gasteiger partial charge < -0.3 is 0 Å². The predicted octanol–water partition coefficient (Wildman–Crippen LogP) is 0.547. The number of pyridine rings is 1. The first-order chi connectivity index (χ1) is 6.38. The van der Waals surface area contributed by atoms with Crippen molar-refractivity contribution in [2.75, 3.05) is 0 Å². The molecule has 0 fully saturated rings. The number of hydrogen-bond donors (Lipinski definition) is 1. The van der Waals surface area contributed by atoms with Gasteiger partial charge in [-0.25, -0.2) is 0 Å². The summed E-state index contributed by atoms with van der Waals surface area (Å²) >= 11 is 0. The highest BCUT2D eigenvalue weighted by Crippen LogP contribution is 1.99. The molecule has 1 N–H and O–H groups in total. The molecular weight excluding hydrogens is 166 g/mol. The third kappa shape index (κ3) is 1.44. The van der Waals surface area contributed by atoms with E-state index in [1.807, 2.05) is 0 Å². The normalized spacial score (nSPS) is 9.85. The van der Waals surface area contributed by atoms with Crippen molar-refractivity contribution < 1.29 is 0 Å². The molecule has 0 aliphatic carbocycles. The largest absolute Gasteiger partial charge is 0.283 e. The first-order valence-corrected chi connectivity index (χ1v) is 3.72. The second-order valence-corrected chi connectivity index (χ2v) is 2.45. The summed E-state index contributed by atoms with van der Waals surface area (Å²) < 4.78 is 1.54. The van der Waals surface area contributed by atoms with E-state index < -0.39 is 0 Å². The summed E-state index contributed by atoms with van der Waals surface area (Å²) in [6.45, 7) is 0. The van der Waals surface area contributed by atoms with Crippen LogP contribution in [0.15, 0.2) is 37.2 Å². The zero-order valence-electron chi connectivity index (χ0n) is 6.75. The quantitative estimate of drug-likeness (QED) is 0.505. The van der Waals surface area contributed by atoms with E-state index in [9.17, 15) is 0 Å². The number of hydrogen-bond acceptors (Lipinski definition) is 4. The van der Waals surface area contributed by atoms with Crippen molar-refractivity contribution in [1.82, 2.24) is 19.7 Å². The van der Waals surface area contributed by atoms with E-state index >= 15 is 0 Å². The van der Waals surface area contributed by atoms with Crippen LogP contribution >= 0.6 is 0 Å². The molecule has 0 bridgehead atoms. The lowest BCUT2D eigenvalue weighted by atomic mass is 10.2. The van der Waals surface area contributed by atoms with Gasteiger partial charge in [0, 0.05) is 18.0 Å². The summed E-state index contributed by atoms with van der Waals surface area (Å²) in [5, 5.41) is 15.0. The monoisotopic (exact) mass is 173 g/mol. The molecule has 0 aromatic carbocycles. The average molecular weight is 173 g/mol. The fourth-order valence-electron chi connectivity index (χ4n) is 0.975. The van der Waals surface area contributed by atoms with Gasteiger partial charge in [-0.05, 0) is 12.1 Å². The molecule has 64 valence electrons. The van der Waals surface area contributed by atoms with Gasteiger partial charge >= 0.3 is 0 Å². The summed E-state index contributed by atoms with van der Waals surface area (Å²) in [7, 11) is 0. The van der Waals surface area contributed by atoms with Crippen LogP contribution in [-0.2, 0) is 0 Å². The van der Waals surface area contributed by atoms with Crippen LogP contribution in [0, 0.1) is 5.41 Å². The molecule has 0 radical (unpaired) electrons. The summed E-state index contributed by atoms with van der Waals surface area (Å²) in [6, 6.07) is 3.53. The Morgan fingerprint density at radius 1 is 1.15 bits per heavy atom. The van der Waals surface area contributed by atoms with Gasteiger partial charge in [-0.3, -0.25) is 15.0 Å². The van der Waals surface area contributed by atoms with Crippen molar-refractivity contribution in [2.24, 2.45) is 0 Å². The Hall–Kier alpha value is -2.04. The number of nitrogens with one attached hydrogen (secondary N) is 1. The van der Waals surface area contributed by atoms with Crippen LogP contribution < -0.4 is 0 Å². The van der Waals surface area contributed by atoms with Crippen LogP contribution in [0.2, 0.25) is 0 Å². The Labute approximate surface area is 74.6 Å². The zero-order chi connectivity index (χ0) is 9.10. The SMILES string of the molecule is N=C(c1ccncc1)n1cnnc1. The molecule has 2 aromatic heterocycles. The molecule has 2 aromatic rings. The molecule has 0 saturated heterocycles. The van der Waals surface area contributed by atoms with Gasteiger partial charge in [0.1, 0.15) is 18.5 Å². The van der Waals surface area contributed by atoms with Crippen molar-refractivity contribution in [3.8, 4) is 0 Å². The summed E-state index contributed by atoms with van der Waals surface area (Å²) in [6.07, 6.45) is 6.27. The van der Waals surface area contributed by atoms with Crippen LogP contribution in [-0.4, -0.2) is 25.6 Å². The van der Waals surface area contributed by atoms with Crippen molar-refractivity contribution in [2.45, 2.75) is 0 Å². The molecule has 13 heavy (non-hydrogen) atoms. The van der Waals surface area contributed by atoms with Gasteiger partial charge in [-0.1, -0.05) is 0 Å². The van der Waals surface area contributed by atoms with E-state index in [0.717, 1.165) is 5.56 Å². The maximum Gasteiger partial charge on any atom is 0.138 e. The molecule has 0 unspecified atom stereocenters. The second kappa shape index (κ2) is 3.14. The highest BCUT2D eigenvalue weighted by Gasteiger charge is 2.01. The van der Waals surface area contributed by atoms with E-state index in [1.54, 1.807) is 24.5 Å². The minimum atomic E-state index is 0.340. The van der Waals surface area contributed by atoms with Gasteiger partial charge in [0.25, 0.3) is 0 Å². The van der Waals surface area contributed by atoms with Gasteiger partial charge in [0.2, 0.25) is 0 Å². The fraction of sp³-hybridized carbons (Fsp3) is 0. The maximum atomic E-state index is 7.74. The Balaban J connectivity index is 2.34. The molecular formula is C8H7N5. The van der Waals surface area contributed by atoms with E-state index in [0.29, 0.717) is 5.84 Å². The van der Waals surface area contributed by atoms with Gasteiger partial charge in [-0.2, -0.15) is 0 Å². The molecule has 2 rings (SSSR count). The third-order valence-electron chi connectivity index (χ3n) is 1.63. The Kier molecular flexibility index (Phi) is 1.84. The topological polar surface area (TPSA) is 67.5 Å². The molecule has 0 amide bonds. The van der Waals surface area contributed by atoms with Crippen molar-refractivity contribution >= 4 is 5.84 Å². The lowest BCUT2D eigenvalue weighted by Crippen LogP contribution is -2.09. The fourth-order valence-corrected chi connectivity index (χ4v) is 0.975. The first kappa shape index (κ1) is 7.60. The Morgan fingerprint density at radius 3 is 2.38 bits per heavy atom. The Morgan fingerprint density at radius 2 is 1.77 bits per heavy atom. The summed E-state index contributed by atoms with van der Waals surface area (Å²) in [5.74, 6) is 0.340. The van der Waals surface area contributed by atoms with Gasteiger partial charge in [-0.15, -0.1) is 10.2 Å². The highest BCUT2D eigenvalue weighted by atomic mass is 15.2. The predicted molar refractivity (Wildman–Crippen MR) is 46.5 cm³/mol. The lowest BCUT2D eigenvalue weighted by Gasteiger charge is -2.01. The molecule has 5 heteroatoms. The second-order valence-electron chi connectivity index (χ2n) is 2.45. The molecule has 0 atom stereocenters. The molecule has 0 spiro atoms.